The summed E-state index contributed by atoms with van der Waals surface area (Å²) in [5.41, 5.74) is 3.62. The van der Waals surface area contributed by atoms with Gasteiger partial charge in [0, 0.05) is 25.8 Å². The van der Waals surface area contributed by atoms with Gasteiger partial charge in [0.05, 0.1) is 5.69 Å². The minimum Gasteiger partial charge on any atom is -0.456 e. The number of aliphatic hydroxyl groups excluding tert-OH is 1. The van der Waals surface area contributed by atoms with Crippen LogP contribution in [0.4, 0.5) is 0 Å². The molecule has 0 radical (unpaired) electrons. The van der Waals surface area contributed by atoms with Crippen LogP contribution in [0.3, 0.4) is 0 Å². The van der Waals surface area contributed by atoms with Gasteiger partial charge >= 0.3 is 0 Å². The summed E-state index contributed by atoms with van der Waals surface area (Å²) in [6.45, 7) is 7.94. The minimum absolute atomic E-state index is 0.143. The molecule has 1 aliphatic heterocycles. The standard InChI is InChI=1S/C22H26N2O3Si/c1-28(2,3)13-12-26-15-24-20(14-25)23-21-16-8-4-6-10-18(16)27-19-11-7-5-9-17(19)22(21)24/h4-11,25H,12-15H2,1-3H3. The van der Waals surface area contributed by atoms with E-state index in [4.69, 9.17) is 14.5 Å². The summed E-state index contributed by atoms with van der Waals surface area (Å²) >= 11 is 0. The number of ether oxygens (including phenoxy) is 2. The number of aromatic nitrogens is 2. The van der Waals surface area contributed by atoms with Crippen LogP contribution < -0.4 is 4.74 Å². The van der Waals surface area contributed by atoms with Gasteiger partial charge < -0.3 is 19.1 Å². The van der Waals surface area contributed by atoms with Crippen molar-refractivity contribution in [3.8, 4) is 34.0 Å². The highest BCUT2D eigenvalue weighted by Gasteiger charge is 2.27. The molecule has 0 aliphatic carbocycles. The maximum absolute atomic E-state index is 9.96. The third-order valence-corrected chi connectivity index (χ3v) is 6.61. The minimum atomic E-state index is -1.16. The summed E-state index contributed by atoms with van der Waals surface area (Å²) in [5, 5.41) is 9.96. The number of nitrogens with zero attached hydrogens (tertiary/aromatic N) is 2. The normalized spacial score (nSPS) is 12.6. The molecule has 0 amide bonds. The zero-order valence-corrected chi connectivity index (χ0v) is 17.6. The van der Waals surface area contributed by atoms with E-state index in [1.165, 1.54) is 0 Å². The molecule has 5 nitrogen and oxygen atoms in total. The van der Waals surface area contributed by atoms with Gasteiger partial charge in [-0.25, -0.2) is 4.98 Å². The number of imidazole rings is 1. The number of rotatable bonds is 6. The van der Waals surface area contributed by atoms with E-state index in [-0.39, 0.29) is 6.61 Å². The SMILES string of the molecule is C[Si](C)(C)CCOCn1c(CO)nc2c1-c1ccccc1Oc1ccccc1-2. The second kappa shape index (κ2) is 7.54. The van der Waals surface area contributed by atoms with Crippen molar-refractivity contribution in [3.05, 3.63) is 54.4 Å². The zero-order chi connectivity index (χ0) is 19.7. The summed E-state index contributed by atoms with van der Waals surface area (Å²) in [6.07, 6.45) is 0. The molecule has 4 rings (SSSR count). The van der Waals surface area contributed by atoms with Gasteiger partial charge in [0.15, 0.2) is 0 Å². The molecule has 0 saturated heterocycles. The van der Waals surface area contributed by atoms with Crippen molar-refractivity contribution in [1.82, 2.24) is 9.55 Å². The molecule has 0 unspecified atom stereocenters. The molecule has 1 aromatic heterocycles. The summed E-state index contributed by atoms with van der Waals surface area (Å²) < 4.78 is 14.2. The summed E-state index contributed by atoms with van der Waals surface area (Å²) in [6, 6.07) is 16.9. The molecule has 2 heterocycles. The highest BCUT2D eigenvalue weighted by molar-refractivity contribution is 6.76. The van der Waals surface area contributed by atoms with Crippen LogP contribution in [-0.2, 0) is 18.1 Å². The van der Waals surface area contributed by atoms with Crippen LogP contribution in [0.15, 0.2) is 48.5 Å². The quantitative estimate of drug-likeness (QED) is 0.364. The van der Waals surface area contributed by atoms with E-state index < -0.39 is 8.07 Å². The lowest BCUT2D eigenvalue weighted by molar-refractivity contribution is 0.0828. The lowest BCUT2D eigenvalue weighted by atomic mass is 10.0. The van der Waals surface area contributed by atoms with E-state index in [0.29, 0.717) is 19.2 Å². The van der Waals surface area contributed by atoms with E-state index in [1.807, 2.05) is 53.1 Å². The number of hydrogen-bond acceptors (Lipinski definition) is 4. The Balaban J connectivity index is 1.80. The second-order valence-electron chi connectivity index (χ2n) is 8.25. The number of benzene rings is 2. The van der Waals surface area contributed by atoms with E-state index in [0.717, 1.165) is 40.1 Å². The molecule has 28 heavy (non-hydrogen) atoms. The maximum atomic E-state index is 9.96. The Bertz CT molecular complexity index is 992. The van der Waals surface area contributed by atoms with E-state index in [9.17, 15) is 5.11 Å². The van der Waals surface area contributed by atoms with Crippen molar-refractivity contribution in [2.45, 2.75) is 39.0 Å². The van der Waals surface area contributed by atoms with Gasteiger partial charge in [-0.15, -0.1) is 0 Å². The van der Waals surface area contributed by atoms with Crippen LogP contribution in [0, 0.1) is 0 Å². The van der Waals surface area contributed by atoms with Crippen LogP contribution in [0.5, 0.6) is 11.5 Å². The molecule has 6 heteroatoms. The summed E-state index contributed by atoms with van der Waals surface area (Å²) in [4.78, 5) is 4.76. The molecular weight excluding hydrogens is 368 g/mol. The Kier molecular flexibility index (Phi) is 5.10. The Labute approximate surface area is 166 Å². The van der Waals surface area contributed by atoms with Gasteiger partial charge in [0.25, 0.3) is 0 Å². The fraction of sp³-hybridized carbons (Fsp3) is 0.318. The average molecular weight is 395 g/mol. The van der Waals surface area contributed by atoms with Gasteiger partial charge in [0.1, 0.15) is 36.4 Å². The molecule has 0 saturated carbocycles. The van der Waals surface area contributed by atoms with Crippen molar-refractivity contribution < 1.29 is 14.6 Å². The first-order valence-electron chi connectivity index (χ1n) is 9.62. The monoisotopic (exact) mass is 394 g/mol. The zero-order valence-electron chi connectivity index (χ0n) is 16.6. The molecular formula is C22H26N2O3Si. The molecule has 0 fully saturated rings. The van der Waals surface area contributed by atoms with Gasteiger partial charge in [0.2, 0.25) is 0 Å². The predicted octanol–water partition coefficient (Wildman–Crippen LogP) is 5.13. The number of aliphatic hydroxyl groups is 1. The number of fused-ring (bicyclic) bond motifs is 5. The van der Waals surface area contributed by atoms with Crippen LogP contribution in [0.25, 0.3) is 22.5 Å². The Morgan fingerprint density at radius 3 is 2.32 bits per heavy atom. The predicted molar refractivity (Wildman–Crippen MR) is 113 cm³/mol. The van der Waals surface area contributed by atoms with Gasteiger partial charge in [-0.3, -0.25) is 0 Å². The number of hydrogen-bond donors (Lipinski definition) is 1. The highest BCUT2D eigenvalue weighted by Crippen LogP contribution is 2.46. The molecule has 1 aliphatic rings. The third kappa shape index (κ3) is 3.63. The van der Waals surface area contributed by atoms with Crippen molar-refractivity contribution in [1.29, 1.82) is 0 Å². The smallest absolute Gasteiger partial charge is 0.137 e. The third-order valence-electron chi connectivity index (χ3n) is 4.91. The molecule has 146 valence electrons. The van der Waals surface area contributed by atoms with Gasteiger partial charge in [-0.1, -0.05) is 43.9 Å². The van der Waals surface area contributed by atoms with Gasteiger partial charge in [-0.2, -0.15) is 0 Å². The largest absolute Gasteiger partial charge is 0.456 e. The fourth-order valence-electron chi connectivity index (χ4n) is 3.37. The van der Waals surface area contributed by atoms with Gasteiger partial charge in [-0.05, 0) is 30.3 Å². The van der Waals surface area contributed by atoms with Crippen LogP contribution in [0.2, 0.25) is 25.7 Å². The lowest BCUT2D eigenvalue weighted by Gasteiger charge is -2.17. The van der Waals surface area contributed by atoms with Crippen molar-refractivity contribution in [2.75, 3.05) is 6.61 Å². The average Bonchev–Trinajstić information content (AvgIpc) is 2.97. The Morgan fingerprint density at radius 1 is 1.00 bits per heavy atom. The van der Waals surface area contributed by atoms with Crippen molar-refractivity contribution in [2.24, 2.45) is 0 Å². The first-order chi connectivity index (χ1) is 13.5. The van der Waals surface area contributed by atoms with E-state index in [2.05, 4.69) is 19.6 Å². The summed E-state index contributed by atoms with van der Waals surface area (Å²) in [7, 11) is -1.16. The lowest BCUT2D eigenvalue weighted by Crippen LogP contribution is -2.22. The van der Waals surface area contributed by atoms with Crippen molar-refractivity contribution >= 4 is 8.07 Å². The van der Waals surface area contributed by atoms with Crippen LogP contribution in [0.1, 0.15) is 5.82 Å². The highest BCUT2D eigenvalue weighted by atomic mass is 28.3. The Morgan fingerprint density at radius 2 is 1.64 bits per heavy atom. The number of para-hydroxylation sites is 2. The molecule has 1 N–H and O–H groups in total. The molecule has 0 spiro atoms. The second-order valence-corrected chi connectivity index (χ2v) is 13.9. The maximum Gasteiger partial charge on any atom is 0.137 e. The Hall–Kier alpha value is -2.41. The first kappa shape index (κ1) is 18.9. The topological polar surface area (TPSA) is 56.5 Å². The fourth-order valence-corrected chi connectivity index (χ4v) is 4.13. The molecule has 0 atom stereocenters. The summed E-state index contributed by atoms with van der Waals surface area (Å²) in [5.74, 6) is 2.15. The molecule has 0 bridgehead atoms. The first-order valence-corrected chi connectivity index (χ1v) is 13.3. The molecule has 2 aromatic carbocycles. The van der Waals surface area contributed by atoms with E-state index >= 15 is 0 Å². The van der Waals surface area contributed by atoms with Crippen molar-refractivity contribution in [3.63, 3.8) is 0 Å². The van der Waals surface area contributed by atoms with Crippen LogP contribution >= 0.6 is 0 Å². The molecule has 3 aromatic rings. The van der Waals surface area contributed by atoms with Crippen LogP contribution in [-0.4, -0.2) is 29.3 Å². The van der Waals surface area contributed by atoms with E-state index in [1.54, 1.807) is 0 Å².